The maximum atomic E-state index is 11.6. The van der Waals surface area contributed by atoms with E-state index in [4.69, 9.17) is 10.2 Å². The number of likely N-dealkylation sites (tertiary alicyclic amines) is 1. The molecule has 3 aromatic rings. The van der Waals surface area contributed by atoms with E-state index in [2.05, 4.69) is 73.5 Å². The zero-order chi connectivity index (χ0) is 26.1. The van der Waals surface area contributed by atoms with Crippen LogP contribution in [0.4, 0.5) is 5.69 Å². The van der Waals surface area contributed by atoms with E-state index in [0.717, 1.165) is 37.3 Å². The molecule has 1 aliphatic carbocycles. The molecular weight excluding hydrogens is 589 g/mol. The number of nitrogens with zero attached hydrogens (tertiary/aromatic N) is 4. The van der Waals surface area contributed by atoms with Gasteiger partial charge < -0.3 is 9.47 Å². The number of fused-ring (bicyclic) bond motifs is 1. The highest BCUT2D eigenvalue weighted by Crippen LogP contribution is 2.42. The third-order valence-electron chi connectivity index (χ3n) is 8.52. The number of allylic oxidation sites excluding steroid dienone is 2. The molecule has 0 bridgehead atoms. The van der Waals surface area contributed by atoms with Crippen LogP contribution in [0.3, 0.4) is 0 Å². The van der Waals surface area contributed by atoms with Gasteiger partial charge in [0.2, 0.25) is 0 Å². The van der Waals surface area contributed by atoms with Crippen molar-refractivity contribution in [3.63, 3.8) is 0 Å². The first-order valence-electron chi connectivity index (χ1n) is 13.5. The topological polar surface area (TPSA) is 73.6 Å². The Labute approximate surface area is 237 Å². The third-order valence-corrected chi connectivity index (χ3v) is 9.45. The minimum atomic E-state index is -0.504. The minimum Gasteiger partial charge on any atom is -0.371 e. The molecule has 2 fully saturated rings. The molecule has 2 saturated heterocycles. The van der Waals surface area contributed by atoms with E-state index in [-0.39, 0.29) is 0 Å². The van der Waals surface area contributed by atoms with Gasteiger partial charge in [-0.25, -0.2) is 10.5 Å². The molecule has 0 saturated carbocycles. The number of pyridine rings is 1. The van der Waals surface area contributed by atoms with Crippen LogP contribution in [0.1, 0.15) is 41.6 Å². The molecule has 4 heterocycles. The molecule has 6 rings (SSSR count). The summed E-state index contributed by atoms with van der Waals surface area (Å²) in [5.41, 5.74) is 7.38. The molecule has 198 valence electrons. The zero-order valence-corrected chi connectivity index (χ0v) is 23.7. The van der Waals surface area contributed by atoms with Crippen LogP contribution >= 0.6 is 22.6 Å². The quantitative estimate of drug-likeness (QED) is 0.171. The second-order valence-electron chi connectivity index (χ2n) is 11.0. The van der Waals surface area contributed by atoms with Gasteiger partial charge in [-0.2, -0.15) is 0 Å². The van der Waals surface area contributed by atoms with Crippen molar-refractivity contribution in [1.82, 2.24) is 19.9 Å². The van der Waals surface area contributed by atoms with Crippen LogP contribution < -0.4 is 10.4 Å². The Morgan fingerprint density at radius 1 is 1.08 bits per heavy atom. The maximum Gasteiger partial charge on any atom is 0.274 e. The molecule has 2 aliphatic heterocycles. The summed E-state index contributed by atoms with van der Waals surface area (Å²) in [5, 5.41) is 10.0. The number of hydrogen-bond acceptors (Lipinski definition) is 5. The largest absolute Gasteiger partial charge is 0.371 e. The fraction of sp³-hybridized carbons (Fsp3) is 0.400. The number of halogens is 1. The standard InChI is InChI=1S/C30H34IN5O2/c31-25-7-3-22(4-8-25)19-34-16-11-30(21-34)12-17-35(18-13-30)27-9-14-32-28-26(27)10-15-36(28)20-23-1-5-24(6-2-23)29(37)33-38/h1-7,9-10,14-15,25,38H,8,11-13,16-21H2,(H,33,37)/t25-/m0/s1. The van der Waals surface area contributed by atoms with Crippen LogP contribution in [0, 0.1) is 5.41 Å². The molecule has 0 unspecified atom stereocenters. The van der Waals surface area contributed by atoms with Crippen molar-refractivity contribution in [2.24, 2.45) is 5.41 Å². The van der Waals surface area contributed by atoms with Gasteiger partial charge in [-0.3, -0.25) is 14.9 Å². The Kier molecular flexibility index (Phi) is 7.29. The molecule has 7 nitrogen and oxygen atoms in total. The monoisotopic (exact) mass is 623 g/mol. The van der Waals surface area contributed by atoms with Gasteiger partial charge >= 0.3 is 0 Å². The molecule has 3 aliphatic rings. The van der Waals surface area contributed by atoms with E-state index < -0.39 is 5.91 Å². The summed E-state index contributed by atoms with van der Waals surface area (Å²) in [7, 11) is 0. The number of rotatable bonds is 6. The van der Waals surface area contributed by atoms with Gasteiger partial charge in [0.05, 0.1) is 0 Å². The number of carbonyl (C=O) groups excluding carboxylic acids is 1. The molecule has 0 radical (unpaired) electrons. The van der Waals surface area contributed by atoms with Gasteiger partial charge in [0.15, 0.2) is 0 Å². The molecular formula is C30H34IN5O2. The fourth-order valence-electron chi connectivity index (χ4n) is 6.31. The van der Waals surface area contributed by atoms with Gasteiger partial charge in [-0.15, -0.1) is 0 Å². The predicted molar refractivity (Wildman–Crippen MR) is 159 cm³/mol. The SMILES string of the molecule is O=C(NO)c1ccc(Cn2ccc3c(N4CCC5(CCN(CC6=CC[C@@H](I)C=C6)C5)CC4)ccnc32)cc1. The lowest BCUT2D eigenvalue weighted by Crippen LogP contribution is -2.41. The highest BCUT2D eigenvalue weighted by atomic mass is 127. The summed E-state index contributed by atoms with van der Waals surface area (Å²) in [6, 6.07) is 11.6. The Hall–Kier alpha value is -2.69. The van der Waals surface area contributed by atoms with Crippen LogP contribution in [0.2, 0.25) is 0 Å². The smallest absolute Gasteiger partial charge is 0.274 e. The normalized spacial score (nSPS) is 21.3. The van der Waals surface area contributed by atoms with Crippen LogP contribution in [-0.4, -0.2) is 62.2 Å². The first-order valence-corrected chi connectivity index (χ1v) is 14.7. The van der Waals surface area contributed by atoms with E-state index in [1.165, 1.54) is 49.0 Å². The van der Waals surface area contributed by atoms with Crippen molar-refractivity contribution < 1.29 is 10.0 Å². The molecule has 1 amide bonds. The number of benzene rings is 1. The van der Waals surface area contributed by atoms with Crippen LogP contribution in [0.25, 0.3) is 11.0 Å². The van der Waals surface area contributed by atoms with Gasteiger partial charge in [0.1, 0.15) is 5.65 Å². The van der Waals surface area contributed by atoms with Gasteiger partial charge in [-0.05, 0) is 73.0 Å². The fourth-order valence-corrected chi connectivity index (χ4v) is 6.77. The van der Waals surface area contributed by atoms with Gasteiger partial charge in [-0.1, -0.05) is 53.0 Å². The maximum absolute atomic E-state index is 11.6. The summed E-state index contributed by atoms with van der Waals surface area (Å²) < 4.78 is 2.81. The number of alkyl halides is 1. The van der Waals surface area contributed by atoms with Crippen LogP contribution in [-0.2, 0) is 6.54 Å². The Morgan fingerprint density at radius 2 is 1.87 bits per heavy atom. The average molecular weight is 624 g/mol. The summed E-state index contributed by atoms with van der Waals surface area (Å²) in [5.74, 6) is -0.504. The summed E-state index contributed by atoms with van der Waals surface area (Å²) >= 11 is 2.51. The van der Waals surface area contributed by atoms with Gasteiger partial charge in [0.25, 0.3) is 5.91 Å². The number of aromatic nitrogens is 2. The number of anilines is 1. The third kappa shape index (κ3) is 5.26. The van der Waals surface area contributed by atoms with E-state index in [1.807, 2.05) is 18.3 Å². The average Bonchev–Trinajstić information content (AvgIpc) is 3.54. The van der Waals surface area contributed by atoms with Crippen molar-refractivity contribution in [3.8, 4) is 0 Å². The number of carbonyl (C=O) groups is 1. The number of amides is 1. The lowest BCUT2D eigenvalue weighted by atomic mass is 9.77. The zero-order valence-electron chi connectivity index (χ0n) is 21.5. The Bertz CT molecular complexity index is 1370. The lowest BCUT2D eigenvalue weighted by molar-refractivity contribution is 0.0706. The van der Waals surface area contributed by atoms with E-state index in [0.29, 0.717) is 21.4 Å². The van der Waals surface area contributed by atoms with E-state index in [9.17, 15) is 4.79 Å². The lowest BCUT2D eigenvalue weighted by Gasteiger charge is -2.40. The summed E-state index contributed by atoms with van der Waals surface area (Å²) in [6.45, 7) is 6.38. The second kappa shape index (κ2) is 10.8. The second-order valence-corrected chi connectivity index (χ2v) is 12.6. The molecule has 38 heavy (non-hydrogen) atoms. The summed E-state index contributed by atoms with van der Waals surface area (Å²) in [6.07, 6.45) is 16.1. The highest BCUT2D eigenvalue weighted by molar-refractivity contribution is 14.1. The molecule has 2 N–H and O–H groups in total. The minimum absolute atomic E-state index is 0.430. The van der Waals surface area contributed by atoms with E-state index in [1.54, 1.807) is 17.6 Å². The molecule has 1 spiro atoms. The predicted octanol–water partition coefficient (Wildman–Crippen LogP) is 5.19. The Balaban J connectivity index is 1.10. The van der Waals surface area contributed by atoms with Crippen LogP contribution in [0.15, 0.2) is 72.6 Å². The van der Waals surface area contributed by atoms with Crippen molar-refractivity contribution in [2.45, 2.75) is 36.2 Å². The molecule has 1 aromatic carbocycles. The molecule has 2 aromatic heterocycles. The number of hydrogen-bond donors (Lipinski definition) is 2. The number of piperidine rings is 1. The number of hydroxylamine groups is 1. The molecule has 8 heteroatoms. The highest BCUT2D eigenvalue weighted by Gasteiger charge is 2.40. The van der Waals surface area contributed by atoms with Crippen molar-refractivity contribution in [1.29, 1.82) is 0 Å². The Morgan fingerprint density at radius 3 is 2.61 bits per heavy atom. The molecule has 1 atom stereocenters. The van der Waals surface area contributed by atoms with Crippen molar-refractivity contribution in [2.75, 3.05) is 37.6 Å². The van der Waals surface area contributed by atoms with E-state index >= 15 is 0 Å². The first kappa shape index (κ1) is 25.6. The van der Waals surface area contributed by atoms with Crippen molar-refractivity contribution >= 4 is 45.2 Å². The number of nitrogens with one attached hydrogen (secondary N) is 1. The first-order chi connectivity index (χ1) is 18.5. The summed E-state index contributed by atoms with van der Waals surface area (Å²) in [4.78, 5) is 21.5. The van der Waals surface area contributed by atoms with Crippen LogP contribution in [0.5, 0.6) is 0 Å². The van der Waals surface area contributed by atoms with Crippen molar-refractivity contribution in [3.05, 3.63) is 83.7 Å². The van der Waals surface area contributed by atoms with Gasteiger partial charge in [0, 0.05) is 65.7 Å².